The Morgan fingerprint density at radius 1 is 1.15 bits per heavy atom. The van der Waals surface area contributed by atoms with Gasteiger partial charge in [0, 0.05) is 19.0 Å². The molecule has 2 aliphatic rings. The fourth-order valence-corrected chi connectivity index (χ4v) is 4.43. The van der Waals surface area contributed by atoms with Crippen molar-refractivity contribution in [1.82, 2.24) is 24.5 Å². The van der Waals surface area contributed by atoms with E-state index >= 15 is 0 Å². The first-order valence-corrected chi connectivity index (χ1v) is 9.47. The highest BCUT2D eigenvalue weighted by Crippen LogP contribution is 2.35. The molecule has 2 atom stereocenters. The Bertz CT molecular complexity index is 925. The van der Waals surface area contributed by atoms with Crippen molar-refractivity contribution < 1.29 is 4.74 Å². The minimum absolute atomic E-state index is 0.605. The maximum absolute atomic E-state index is 5.37. The number of rotatable bonds is 3. The number of nitrogens with zero attached hydrogens (tertiary/aromatic N) is 5. The zero-order valence-corrected chi connectivity index (χ0v) is 15.4. The van der Waals surface area contributed by atoms with Crippen molar-refractivity contribution in [2.24, 2.45) is 13.0 Å². The van der Waals surface area contributed by atoms with Crippen molar-refractivity contribution in [2.45, 2.75) is 25.3 Å². The van der Waals surface area contributed by atoms with E-state index in [0.29, 0.717) is 17.9 Å². The molecule has 0 bridgehead atoms. The van der Waals surface area contributed by atoms with Crippen molar-refractivity contribution in [3.8, 4) is 5.69 Å². The third-order valence-electron chi connectivity index (χ3n) is 6.03. The van der Waals surface area contributed by atoms with Crippen LogP contribution in [0.15, 0.2) is 36.8 Å². The number of benzene rings is 1. The Kier molecular flexibility index (Phi) is 3.83. The molecule has 6 nitrogen and oxygen atoms in total. The lowest BCUT2D eigenvalue weighted by Crippen LogP contribution is -2.53. The Hall–Kier alpha value is -2.18. The van der Waals surface area contributed by atoms with E-state index in [1.54, 1.807) is 0 Å². The second-order valence-electron chi connectivity index (χ2n) is 7.81. The standard InChI is InChI=1S/C20H25N5O/c1-14-10-24(18-12-26-13-18)6-5-19(14)15-3-4-16-8-22-25(20(16)7-15)17-9-21-23(2)11-17/h3-4,7-9,11,14,18-19H,5-6,10,12-13H2,1-2H3/t14-,19+/m0/s1. The van der Waals surface area contributed by atoms with Crippen molar-refractivity contribution >= 4 is 10.9 Å². The van der Waals surface area contributed by atoms with Gasteiger partial charge in [-0.3, -0.25) is 9.58 Å². The predicted octanol–water partition coefficient (Wildman–Crippen LogP) is 2.58. The number of hydrogen-bond acceptors (Lipinski definition) is 4. The largest absolute Gasteiger partial charge is 0.378 e. The van der Waals surface area contributed by atoms with Crippen LogP contribution in [0, 0.1) is 5.92 Å². The Morgan fingerprint density at radius 3 is 2.73 bits per heavy atom. The third-order valence-corrected chi connectivity index (χ3v) is 6.03. The van der Waals surface area contributed by atoms with Gasteiger partial charge < -0.3 is 4.74 Å². The van der Waals surface area contributed by atoms with Crippen molar-refractivity contribution in [2.75, 3.05) is 26.3 Å². The summed E-state index contributed by atoms with van der Waals surface area (Å²) in [5, 5.41) is 10.0. The van der Waals surface area contributed by atoms with Gasteiger partial charge in [0.25, 0.3) is 0 Å². The smallest absolute Gasteiger partial charge is 0.103 e. The van der Waals surface area contributed by atoms with E-state index in [1.807, 2.05) is 35.0 Å². The molecule has 2 fully saturated rings. The van der Waals surface area contributed by atoms with Crippen LogP contribution in [-0.2, 0) is 11.8 Å². The summed E-state index contributed by atoms with van der Waals surface area (Å²) >= 11 is 0. The van der Waals surface area contributed by atoms with Crippen molar-refractivity contribution in [3.63, 3.8) is 0 Å². The van der Waals surface area contributed by atoms with Crippen LogP contribution in [0.4, 0.5) is 0 Å². The van der Waals surface area contributed by atoms with Gasteiger partial charge in [0.15, 0.2) is 0 Å². The Balaban J connectivity index is 1.44. The van der Waals surface area contributed by atoms with E-state index in [2.05, 4.69) is 40.2 Å². The lowest BCUT2D eigenvalue weighted by atomic mass is 9.81. The maximum atomic E-state index is 5.37. The fraction of sp³-hybridized carbons (Fsp3) is 0.500. The number of hydrogen-bond donors (Lipinski definition) is 0. The van der Waals surface area contributed by atoms with Gasteiger partial charge in [-0.1, -0.05) is 19.1 Å². The van der Waals surface area contributed by atoms with Crippen LogP contribution >= 0.6 is 0 Å². The molecule has 1 aromatic carbocycles. The third kappa shape index (κ3) is 2.64. The molecule has 0 N–H and O–H groups in total. The highest BCUT2D eigenvalue weighted by atomic mass is 16.5. The van der Waals surface area contributed by atoms with Gasteiger partial charge in [-0.25, -0.2) is 4.68 Å². The first-order chi connectivity index (χ1) is 12.7. The van der Waals surface area contributed by atoms with Gasteiger partial charge in [-0.15, -0.1) is 0 Å². The summed E-state index contributed by atoms with van der Waals surface area (Å²) < 4.78 is 9.18. The monoisotopic (exact) mass is 351 g/mol. The molecule has 2 aliphatic heterocycles. The average molecular weight is 351 g/mol. The first kappa shape index (κ1) is 16.0. The molecule has 0 radical (unpaired) electrons. The van der Waals surface area contributed by atoms with Crippen LogP contribution in [-0.4, -0.2) is 56.8 Å². The van der Waals surface area contributed by atoms with E-state index in [0.717, 1.165) is 24.4 Å². The summed E-state index contributed by atoms with van der Waals surface area (Å²) in [6, 6.07) is 7.48. The molecule has 0 saturated carbocycles. The molecule has 136 valence electrons. The second kappa shape index (κ2) is 6.21. The molecule has 0 amide bonds. The summed E-state index contributed by atoms with van der Waals surface area (Å²) in [6.45, 7) is 6.54. The number of piperidine rings is 1. The number of ether oxygens (including phenoxy) is 1. The van der Waals surface area contributed by atoms with E-state index in [4.69, 9.17) is 4.74 Å². The van der Waals surface area contributed by atoms with Crippen LogP contribution in [0.2, 0.25) is 0 Å². The molecule has 0 aliphatic carbocycles. The van der Waals surface area contributed by atoms with Gasteiger partial charge in [-0.05, 0) is 36.4 Å². The van der Waals surface area contributed by atoms with Crippen LogP contribution < -0.4 is 0 Å². The lowest BCUT2D eigenvalue weighted by molar-refractivity contribution is -0.0773. The molecule has 5 rings (SSSR count). The molecule has 26 heavy (non-hydrogen) atoms. The average Bonchev–Trinajstić information content (AvgIpc) is 3.18. The SMILES string of the molecule is C[C@H]1CN(C2COC2)CC[C@H]1c1ccc2cnn(-c3cnn(C)c3)c2c1. The summed E-state index contributed by atoms with van der Waals surface area (Å²) in [4.78, 5) is 2.61. The maximum Gasteiger partial charge on any atom is 0.103 e. The summed E-state index contributed by atoms with van der Waals surface area (Å²) in [6.07, 6.45) is 7.01. The van der Waals surface area contributed by atoms with Gasteiger partial charge in [0.1, 0.15) is 5.69 Å². The number of likely N-dealkylation sites (tertiary alicyclic amines) is 1. The predicted molar refractivity (Wildman–Crippen MR) is 101 cm³/mol. The van der Waals surface area contributed by atoms with Gasteiger partial charge in [0.05, 0.1) is 43.4 Å². The molecule has 2 saturated heterocycles. The molecular weight excluding hydrogens is 326 g/mol. The van der Waals surface area contributed by atoms with Gasteiger partial charge >= 0.3 is 0 Å². The van der Waals surface area contributed by atoms with Crippen LogP contribution in [0.3, 0.4) is 0 Å². The molecule has 2 aromatic heterocycles. The zero-order chi connectivity index (χ0) is 17.7. The molecule has 0 spiro atoms. The van der Waals surface area contributed by atoms with Crippen molar-refractivity contribution in [3.05, 3.63) is 42.4 Å². The normalized spacial score (nSPS) is 24.8. The second-order valence-corrected chi connectivity index (χ2v) is 7.81. The van der Waals surface area contributed by atoms with E-state index < -0.39 is 0 Å². The molecule has 0 unspecified atom stereocenters. The summed E-state index contributed by atoms with van der Waals surface area (Å²) in [5.74, 6) is 1.26. The molecular formula is C20H25N5O. The van der Waals surface area contributed by atoms with Crippen LogP contribution in [0.25, 0.3) is 16.6 Å². The quantitative estimate of drug-likeness (QED) is 0.728. The molecule has 4 heterocycles. The first-order valence-electron chi connectivity index (χ1n) is 9.47. The number of aryl methyl sites for hydroxylation is 1. The fourth-order valence-electron chi connectivity index (χ4n) is 4.43. The van der Waals surface area contributed by atoms with Crippen LogP contribution in [0.5, 0.6) is 0 Å². The highest BCUT2D eigenvalue weighted by molar-refractivity contribution is 5.81. The van der Waals surface area contributed by atoms with E-state index in [9.17, 15) is 0 Å². The van der Waals surface area contributed by atoms with Crippen LogP contribution in [0.1, 0.15) is 24.8 Å². The summed E-state index contributed by atoms with van der Waals surface area (Å²) in [7, 11) is 1.93. The summed E-state index contributed by atoms with van der Waals surface area (Å²) in [5.41, 5.74) is 3.60. The molecule has 6 heteroatoms. The van der Waals surface area contributed by atoms with E-state index in [1.165, 1.54) is 30.5 Å². The van der Waals surface area contributed by atoms with Crippen molar-refractivity contribution in [1.29, 1.82) is 0 Å². The topological polar surface area (TPSA) is 48.1 Å². The van der Waals surface area contributed by atoms with Gasteiger partial charge in [0.2, 0.25) is 0 Å². The Labute approximate surface area is 153 Å². The number of aromatic nitrogens is 4. The minimum Gasteiger partial charge on any atom is -0.378 e. The number of fused-ring (bicyclic) bond motifs is 1. The minimum atomic E-state index is 0.605. The van der Waals surface area contributed by atoms with E-state index in [-0.39, 0.29) is 0 Å². The Morgan fingerprint density at radius 2 is 2.04 bits per heavy atom. The highest BCUT2D eigenvalue weighted by Gasteiger charge is 2.33. The lowest BCUT2D eigenvalue weighted by Gasteiger charge is -2.44. The molecule has 3 aromatic rings. The zero-order valence-electron chi connectivity index (χ0n) is 15.4. The van der Waals surface area contributed by atoms with Gasteiger partial charge in [-0.2, -0.15) is 10.2 Å².